The van der Waals surface area contributed by atoms with Crippen molar-refractivity contribution < 1.29 is 13.2 Å². The van der Waals surface area contributed by atoms with Crippen LogP contribution in [0.15, 0.2) is 46.9 Å². The summed E-state index contributed by atoms with van der Waals surface area (Å²) in [6.07, 6.45) is -1.39. The van der Waals surface area contributed by atoms with E-state index in [-0.39, 0.29) is 11.1 Å². The molecule has 0 unspecified atom stereocenters. The molecular formula is C17H10BrClF3N. The van der Waals surface area contributed by atoms with E-state index in [9.17, 15) is 13.2 Å². The van der Waals surface area contributed by atoms with Crippen LogP contribution in [0.2, 0.25) is 5.02 Å². The predicted octanol–water partition coefficient (Wildman–Crippen LogP) is 6.77. The maximum atomic E-state index is 13.4. The Kier molecular flexibility index (Phi) is 4.25. The van der Waals surface area contributed by atoms with Crippen LogP contribution < -0.4 is 0 Å². The number of rotatable bonds is 2. The Hall–Kier alpha value is -1.72. The molecule has 0 amide bonds. The average molecular weight is 401 g/mol. The second-order valence-corrected chi connectivity index (χ2v) is 6.34. The molecule has 0 aliphatic rings. The highest BCUT2D eigenvalue weighted by Crippen LogP contribution is 2.39. The normalized spacial score (nSPS) is 12.4. The van der Waals surface area contributed by atoms with E-state index in [1.807, 2.05) is 0 Å². The maximum Gasteiger partial charge on any atom is 0.419 e. The van der Waals surface area contributed by atoms with Gasteiger partial charge in [-0.25, -0.2) is 0 Å². The Labute approximate surface area is 143 Å². The van der Waals surface area contributed by atoms with E-state index in [0.29, 0.717) is 15.0 Å². The molecule has 0 atom stereocenters. The number of fused-ring (bicyclic) bond motifs is 1. The first kappa shape index (κ1) is 16.1. The van der Waals surface area contributed by atoms with Crippen molar-refractivity contribution in [2.75, 3.05) is 0 Å². The molecule has 0 fully saturated rings. The zero-order valence-electron chi connectivity index (χ0n) is 11.6. The minimum Gasteiger partial charge on any atom is -0.354 e. The molecule has 0 spiro atoms. The number of aromatic amines is 1. The number of hydrogen-bond acceptors (Lipinski definition) is 0. The SMILES string of the molecule is FC(F)(F)c1c(C=Cc2ccc(Cl)cc2)[nH]c2cc(Br)ccc12. The summed E-state index contributed by atoms with van der Waals surface area (Å²) in [5.41, 5.74) is 0.565. The van der Waals surface area contributed by atoms with Crippen LogP contribution in [0.4, 0.5) is 13.2 Å². The Bertz CT molecular complexity index is 879. The Morgan fingerprint density at radius 1 is 1.00 bits per heavy atom. The molecule has 0 radical (unpaired) electrons. The van der Waals surface area contributed by atoms with Crippen molar-refractivity contribution in [1.29, 1.82) is 0 Å². The molecule has 1 N–H and O–H groups in total. The Morgan fingerprint density at radius 2 is 1.70 bits per heavy atom. The topological polar surface area (TPSA) is 15.8 Å². The molecule has 2 aromatic carbocycles. The highest BCUT2D eigenvalue weighted by molar-refractivity contribution is 9.10. The van der Waals surface area contributed by atoms with E-state index < -0.39 is 11.7 Å². The Balaban J connectivity index is 2.10. The molecule has 118 valence electrons. The van der Waals surface area contributed by atoms with Gasteiger partial charge in [-0.15, -0.1) is 0 Å². The third-order valence-electron chi connectivity index (χ3n) is 3.39. The highest BCUT2D eigenvalue weighted by Gasteiger charge is 2.36. The summed E-state index contributed by atoms with van der Waals surface area (Å²) in [7, 11) is 0. The van der Waals surface area contributed by atoms with Gasteiger partial charge in [-0.05, 0) is 35.9 Å². The lowest BCUT2D eigenvalue weighted by Gasteiger charge is -2.06. The summed E-state index contributed by atoms with van der Waals surface area (Å²) in [5, 5.41) is 0.727. The van der Waals surface area contributed by atoms with Gasteiger partial charge in [0.15, 0.2) is 0 Å². The molecule has 1 aromatic heterocycles. The fraction of sp³-hybridized carbons (Fsp3) is 0.0588. The van der Waals surface area contributed by atoms with Crippen LogP contribution in [0.3, 0.4) is 0 Å². The van der Waals surface area contributed by atoms with Crippen LogP contribution >= 0.6 is 27.5 Å². The van der Waals surface area contributed by atoms with E-state index in [1.165, 1.54) is 12.1 Å². The summed E-state index contributed by atoms with van der Waals surface area (Å²) in [5.74, 6) is 0. The van der Waals surface area contributed by atoms with Gasteiger partial charge in [-0.3, -0.25) is 0 Å². The van der Waals surface area contributed by atoms with Crippen LogP contribution in [0.1, 0.15) is 16.8 Å². The average Bonchev–Trinajstić information content (AvgIpc) is 2.84. The quantitative estimate of drug-likeness (QED) is 0.488. The van der Waals surface area contributed by atoms with Gasteiger partial charge in [0.25, 0.3) is 0 Å². The summed E-state index contributed by atoms with van der Waals surface area (Å²) in [4.78, 5) is 2.83. The second-order valence-electron chi connectivity index (χ2n) is 4.99. The van der Waals surface area contributed by atoms with Crippen LogP contribution in [-0.2, 0) is 6.18 Å². The molecule has 0 bridgehead atoms. The number of halogens is 5. The number of aromatic nitrogens is 1. The fourth-order valence-electron chi connectivity index (χ4n) is 2.37. The van der Waals surface area contributed by atoms with Crippen molar-refractivity contribution in [1.82, 2.24) is 4.98 Å². The van der Waals surface area contributed by atoms with E-state index in [0.717, 1.165) is 5.56 Å². The molecule has 0 aliphatic carbocycles. The largest absolute Gasteiger partial charge is 0.419 e. The van der Waals surface area contributed by atoms with Crippen LogP contribution in [-0.4, -0.2) is 4.98 Å². The van der Waals surface area contributed by atoms with Crippen molar-refractivity contribution in [2.24, 2.45) is 0 Å². The molecule has 6 heteroatoms. The molecule has 23 heavy (non-hydrogen) atoms. The van der Waals surface area contributed by atoms with E-state index >= 15 is 0 Å². The van der Waals surface area contributed by atoms with Gasteiger partial charge in [-0.1, -0.05) is 51.8 Å². The minimum atomic E-state index is -4.44. The van der Waals surface area contributed by atoms with Gasteiger partial charge in [0.1, 0.15) is 0 Å². The van der Waals surface area contributed by atoms with E-state index in [4.69, 9.17) is 11.6 Å². The molecule has 3 aromatic rings. The lowest BCUT2D eigenvalue weighted by atomic mass is 10.1. The first-order valence-electron chi connectivity index (χ1n) is 6.66. The van der Waals surface area contributed by atoms with Gasteiger partial charge >= 0.3 is 6.18 Å². The summed E-state index contributed by atoms with van der Waals surface area (Å²) < 4.78 is 40.9. The maximum absolute atomic E-state index is 13.4. The van der Waals surface area contributed by atoms with Gasteiger partial charge in [-0.2, -0.15) is 13.2 Å². The summed E-state index contributed by atoms with van der Waals surface area (Å²) >= 11 is 9.07. The molecule has 1 heterocycles. The Morgan fingerprint density at radius 3 is 2.35 bits per heavy atom. The van der Waals surface area contributed by atoms with Crippen molar-refractivity contribution in [3.8, 4) is 0 Å². The monoisotopic (exact) mass is 399 g/mol. The minimum absolute atomic E-state index is 0.0283. The number of H-pyrrole nitrogens is 1. The van der Waals surface area contributed by atoms with Gasteiger partial charge in [0, 0.05) is 20.4 Å². The third kappa shape index (κ3) is 3.46. The second kappa shape index (κ2) is 6.06. The fourth-order valence-corrected chi connectivity index (χ4v) is 2.86. The number of hydrogen-bond donors (Lipinski definition) is 1. The number of benzene rings is 2. The van der Waals surface area contributed by atoms with Crippen molar-refractivity contribution in [2.45, 2.75) is 6.18 Å². The van der Waals surface area contributed by atoms with Crippen LogP contribution in [0.5, 0.6) is 0 Å². The zero-order valence-corrected chi connectivity index (χ0v) is 13.9. The molecule has 1 nitrogen and oxygen atoms in total. The molecule has 0 saturated carbocycles. The summed E-state index contributed by atoms with van der Waals surface area (Å²) in [6, 6.07) is 11.5. The number of nitrogens with one attached hydrogen (secondary N) is 1. The lowest BCUT2D eigenvalue weighted by molar-refractivity contribution is -0.136. The van der Waals surface area contributed by atoms with Gasteiger partial charge in [0.2, 0.25) is 0 Å². The summed E-state index contributed by atoms with van der Waals surface area (Å²) in [6.45, 7) is 0. The van der Waals surface area contributed by atoms with Gasteiger partial charge in [0.05, 0.1) is 11.3 Å². The van der Waals surface area contributed by atoms with E-state index in [2.05, 4.69) is 20.9 Å². The standard InChI is InChI=1S/C17H10BrClF3N/c18-11-4-7-13-15(9-11)23-14(16(13)17(20,21)22)8-3-10-1-5-12(19)6-2-10/h1-9,23H. The van der Waals surface area contributed by atoms with Crippen molar-refractivity contribution >= 4 is 50.6 Å². The lowest BCUT2D eigenvalue weighted by Crippen LogP contribution is -2.05. The smallest absolute Gasteiger partial charge is 0.354 e. The molecule has 0 aliphatic heterocycles. The third-order valence-corrected chi connectivity index (χ3v) is 4.13. The van der Waals surface area contributed by atoms with Crippen molar-refractivity contribution in [3.05, 3.63) is 68.8 Å². The highest BCUT2D eigenvalue weighted by atomic mass is 79.9. The predicted molar refractivity (Wildman–Crippen MR) is 91.4 cm³/mol. The molecule has 0 saturated heterocycles. The van der Waals surface area contributed by atoms with Crippen LogP contribution in [0, 0.1) is 0 Å². The van der Waals surface area contributed by atoms with E-state index in [1.54, 1.807) is 42.5 Å². The first-order valence-corrected chi connectivity index (χ1v) is 7.84. The molecule has 3 rings (SSSR count). The molecular weight excluding hydrogens is 391 g/mol. The zero-order chi connectivity index (χ0) is 16.6. The van der Waals surface area contributed by atoms with Gasteiger partial charge < -0.3 is 4.98 Å². The number of alkyl halides is 3. The van der Waals surface area contributed by atoms with Crippen molar-refractivity contribution in [3.63, 3.8) is 0 Å². The van der Waals surface area contributed by atoms with Crippen LogP contribution in [0.25, 0.3) is 23.1 Å². The first-order chi connectivity index (χ1) is 10.8.